The lowest BCUT2D eigenvalue weighted by Gasteiger charge is -2.28. The van der Waals surface area contributed by atoms with Gasteiger partial charge in [-0.15, -0.1) is 0 Å². The molecule has 1 aliphatic rings. The molecule has 0 aromatic heterocycles. The zero-order valence-electron chi connectivity index (χ0n) is 16.0. The van der Waals surface area contributed by atoms with Crippen LogP contribution in [-0.4, -0.2) is 44.3 Å². The van der Waals surface area contributed by atoms with E-state index in [9.17, 15) is 14.4 Å². The molecule has 0 spiro atoms. The Hall–Kier alpha value is -2.41. The number of esters is 3. The molecule has 1 saturated heterocycles. The van der Waals surface area contributed by atoms with Gasteiger partial charge >= 0.3 is 17.9 Å². The van der Waals surface area contributed by atoms with Crippen molar-refractivity contribution in [3.05, 3.63) is 35.9 Å². The van der Waals surface area contributed by atoms with E-state index in [1.54, 1.807) is 13.8 Å². The molecule has 1 aromatic rings. The quantitative estimate of drug-likeness (QED) is 0.507. The molecule has 1 aromatic carbocycles. The number of benzene rings is 1. The first-order valence-electron chi connectivity index (χ1n) is 8.97. The highest BCUT2D eigenvalue weighted by Crippen LogP contribution is 2.34. The van der Waals surface area contributed by atoms with Crippen LogP contribution >= 0.6 is 0 Å². The van der Waals surface area contributed by atoms with E-state index in [2.05, 4.69) is 0 Å². The van der Waals surface area contributed by atoms with Gasteiger partial charge in [0.2, 0.25) is 0 Å². The van der Waals surface area contributed by atoms with Crippen molar-refractivity contribution >= 4 is 17.9 Å². The molecule has 0 bridgehead atoms. The number of carbonyl (C=O) groups excluding carboxylic acids is 3. The molecule has 0 amide bonds. The van der Waals surface area contributed by atoms with E-state index >= 15 is 0 Å². The minimum atomic E-state index is -0.873. The van der Waals surface area contributed by atoms with E-state index in [0.29, 0.717) is 19.4 Å². The van der Waals surface area contributed by atoms with Crippen LogP contribution in [0.2, 0.25) is 0 Å². The summed E-state index contributed by atoms with van der Waals surface area (Å²) in [6.45, 7) is 4.94. The summed E-state index contributed by atoms with van der Waals surface area (Å²) in [5.74, 6) is -1.97. The molecule has 148 valence electrons. The fourth-order valence-electron chi connectivity index (χ4n) is 2.55. The average Bonchev–Trinajstić information content (AvgIpc) is 3.14. The van der Waals surface area contributed by atoms with Crippen molar-refractivity contribution in [2.24, 2.45) is 5.41 Å². The van der Waals surface area contributed by atoms with Gasteiger partial charge in [0.1, 0.15) is 0 Å². The summed E-state index contributed by atoms with van der Waals surface area (Å²) in [6, 6.07) is 9.31. The molecule has 27 heavy (non-hydrogen) atoms. The summed E-state index contributed by atoms with van der Waals surface area (Å²) in [5, 5.41) is 0. The molecular weight excluding hydrogens is 352 g/mol. The number of hydrogen-bond acceptors (Lipinski definition) is 7. The van der Waals surface area contributed by atoms with Crippen LogP contribution in [0.1, 0.15) is 39.2 Å². The second-order valence-electron chi connectivity index (χ2n) is 7.11. The van der Waals surface area contributed by atoms with Crippen LogP contribution < -0.4 is 0 Å². The molecule has 0 radical (unpaired) electrons. The largest absolute Gasteiger partial charge is 0.453 e. The normalized spacial score (nSPS) is 19.4. The third-order valence-electron chi connectivity index (χ3n) is 4.70. The van der Waals surface area contributed by atoms with E-state index in [4.69, 9.17) is 18.9 Å². The monoisotopic (exact) mass is 378 g/mol. The molecule has 1 fully saturated rings. The third kappa shape index (κ3) is 5.53. The van der Waals surface area contributed by atoms with Crippen molar-refractivity contribution in [2.45, 2.75) is 39.2 Å². The van der Waals surface area contributed by atoms with Crippen LogP contribution in [0.15, 0.2) is 30.3 Å². The molecule has 1 atom stereocenters. The van der Waals surface area contributed by atoms with E-state index in [-0.39, 0.29) is 6.61 Å². The zero-order valence-corrected chi connectivity index (χ0v) is 16.0. The van der Waals surface area contributed by atoms with Gasteiger partial charge in [-0.05, 0) is 25.8 Å². The standard InChI is InChI=1S/C20H26O7/c1-4-19(2,3)18(23)26-12-16(21)25-13-17(22)27-20(10-11-24-14-20)15-8-6-5-7-9-15/h5-9H,4,10-14H2,1-3H3. The van der Waals surface area contributed by atoms with Gasteiger partial charge in [-0.3, -0.25) is 4.79 Å². The highest BCUT2D eigenvalue weighted by Gasteiger charge is 2.40. The lowest BCUT2D eigenvalue weighted by molar-refractivity contribution is -0.175. The first-order valence-corrected chi connectivity index (χ1v) is 8.97. The van der Waals surface area contributed by atoms with Gasteiger partial charge in [-0.2, -0.15) is 0 Å². The molecular formula is C20H26O7. The summed E-state index contributed by atoms with van der Waals surface area (Å²) in [4.78, 5) is 35.7. The fraction of sp³-hybridized carbons (Fsp3) is 0.550. The second-order valence-corrected chi connectivity index (χ2v) is 7.11. The molecule has 0 aliphatic carbocycles. The van der Waals surface area contributed by atoms with Crippen molar-refractivity contribution in [1.29, 1.82) is 0 Å². The zero-order chi connectivity index (χ0) is 19.9. The maximum absolute atomic E-state index is 12.2. The number of rotatable bonds is 8. The molecule has 1 aliphatic heterocycles. The number of carbonyl (C=O) groups is 3. The maximum atomic E-state index is 12.2. The van der Waals surface area contributed by atoms with E-state index in [1.807, 2.05) is 37.3 Å². The Balaban J connectivity index is 1.83. The van der Waals surface area contributed by atoms with E-state index in [0.717, 1.165) is 5.56 Å². The number of hydrogen-bond donors (Lipinski definition) is 0. The van der Waals surface area contributed by atoms with Crippen molar-refractivity contribution in [3.8, 4) is 0 Å². The van der Waals surface area contributed by atoms with Crippen LogP contribution in [0.25, 0.3) is 0 Å². The molecule has 2 rings (SSSR count). The van der Waals surface area contributed by atoms with Crippen molar-refractivity contribution in [1.82, 2.24) is 0 Å². The summed E-state index contributed by atoms with van der Waals surface area (Å²) in [5.41, 5.74) is -0.718. The maximum Gasteiger partial charge on any atom is 0.345 e. The van der Waals surface area contributed by atoms with Crippen LogP contribution in [0.4, 0.5) is 0 Å². The Kier molecular flexibility index (Phi) is 6.96. The highest BCUT2D eigenvalue weighted by atomic mass is 16.6. The Morgan fingerprint density at radius 1 is 1.07 bits per heavy atom. The third-order valence-corrected chi connectivity index (χ3v) is 4.70. The predicted octanol–water partition coefficient (Wildman–Crippen LogP) is 2.37. The molecule has 0 N–H and O–H groups in total. The van der Waals surface area contributed by atoms with Crippen molar-refractivity contribution in [2.75, 3.05) is 26.4 Å². The molecule has 1 heterocycles. The van der Waals surface area contributed by atoms with Gasteiger partial charge in [-0.1, -0.05) is 37.3 Å². The van der Waals surface area contributed by atoms with Gasteiger partial charge in [0.25, 0.3) is 0 Å². The Labute approximate surface area is 158 Å². The Bertz CT molecular complexity index is 660. The van der Waals surface area contributed by atoms with Crippen LogP contribution in [0.5, 0.6) is 0 Å². The van der Waals surface area contributed by atoms with Crippen LogP contribution in [0, 0.1) is 5.41 Å². The molecule has 1 unspecified atom stereocenters. The lowest BCUT2D eigenvalue weighted by Crippen LogP contribution is -2.35. The van der Waals surface area contributed by atoms with Gasteiger partial charge in [0, 0.05) is 6.42 Å². The SMILES string of the molecule is CCC(C)(C)C(=O)OCC(=O)OCC(=O)OC1(c2ccccc2)CCOC1. The van der Waals surface area contributed by atoms with Crippen LogP contribution in [-0.2, 0) is 38.9 Å². The van der Waals surface area contributed by atoms with Crippen molar-refractivity contribution < 1.29 is 33.3 Å². The first-order chi connectivity index (χ1) is 12.8. The molecule has 0 saturated carbocycles. The van der Waals surface area contributed by atoms with E-state index in [1.165, 1.54) is 0 Å². The molecule has 7 nitrogen and oxygen atoms in total. The van der Waals surface area contributed by atoms with Gasteiger partial charge in [0.15, 0.2) is 18.8 Å². The summed E-state index contributed by atoms with van der Waals surface area (Å²) in [6.07, 6.45) is 1.11. The topological polar surface area (TPSA) is 88.1 Å². The first kappa shape index (κ1) is 20.9. The average molecular weight is 378 g/mol. The number of ether oxygens (including phenoxy) is 4. The highest BCUT2D eigenvalue weighted by molar-refractivity contribution is 5.81. The summed E-state index contributed by atoms with van der Waals surface area (Å²) >= 11 is 0. The van der Waals surface area contributed by atoms with Gasteiger partial charge in [-0.25, -0.2) is 9.59 Å². The fourth-order valence-corrected chi connectivity index (χ4v) is 2.55. The van der Waals surface area contributed by atoms with Gasteiger partial charge < -0.3 is 18.9 Å². The second kappa shape index (κ2) is 8.99. The Morgan fingerprint density at radius 2 is 1.74 bits per heavy atom. The summed E-state index contributed by atoms with van der Waals surface area (Å²) < 4.78 is 20.8. The minimum Gasteiger partial charge on any atom is -0.453 e. The van der Waals surface area contributed by atoms with Crippen molar-refractivity contribution in [3.63, 3.8) is 0 Å². The lowest BCUT2D eigenvalue weighted by atomic mass is 9.91. The van der Waals surface area contributed by atoms with Crippen LogP contribution in [0.3, 0.4) is 0 Å². The minimum absolute atomic E-state index is 0.250. The van der Waals surface area contributed by atoms with Gasteiger partial charge in [0.05, 0.1) is 18.6 Å². The smallest absolute Gasteiger partial charge is 0.345 e. The summed E-state index contributed by atoms with van der Waals surface area (Å²) in [7, 11) is 0. The van der Waals surface area contributed by atoms with E-state index < -0.39 is 42.1 Å². The predicted molar refractivity (Wildman–Crippen MR) is 95.6 cm³/mol. The molecule has 7 heteroatoms. The Morgan fingerprint density at radius 3 is 2.33 bits per heavy atom.